The van der Waals surface area contributed by atoms with Crippen LogP contribution in [0.1, 0.15) is 19.8 Å². The summed E-state index contributed by atoms with van der Waals surface area (Å²) in [4.78, 5) is 4.46. The largest absolute Gasteiger partial charge is 0.379 e. The predicted molar refractivity (Wildman–Crippen MR) is 108 cm³/mol. The standard InChI is InChI=1S/C16H27ClN4O4S2/c1-2-18-16(19-7-3-10-25-13-6-11-24-12-13)20-8-9-21-27(22,23)15-5-4-14(17)26-15/h4-5,13,21H,2-3,6-12H2,1H3,(H2,18,19,20). The molecule has 0 amide bonds. The highest BCUT2D eigenvalue weighted by Crippen LogP contribution is 2.25. The molecule has 2 heterocycles. The SMILES string of the molecule is CCNC(=NCCCOC1CCOC1)NCCNS(=O)(=O)c1ccc(Cl)s1. The lowest BCUT2D eigenvalue weighted by Gasteiger charge is -2.12. The Morgan fingerprint density at radius 3 is 2.93 bits per heavy atom. The number of halogens is 1. The maximum absolute atomic E-state index is 12.1. The summed E-state index contributed by atoms with van der Waals surface area (Å²) in [5.41, 5.74) is 0. The number of nitrogens with zero attached hydrogens (tertiary/aromatic N) is 1. The monoisotopic (exact) mass is 438 g/mol. The van der Waals surface area contributed by atoms with Crippen LogP contribution in [0.3, 0.4) is 0 Å². The van der Waals surface area contributed by atoms with Crippen molar-refractivity contribution >= 4 is 38.9 Å². The van der Waals surface area contributed by atoms with Gasteiger partial charge in [-0.15, -0.1) is 11.3 Å². The van der Waals surface area contributed by atoms with Crippen LogP contribution in [0.4, 0.5) is 0 Å². The molecule has 1 fully saturated rings. The molecule has 11 heteroatoms. The molecule has 1 aromatic heterocycles. The van der Waals surface area contributed by atoms with Crippen LogP contribution in [0.15, 0.2) is 21.3 Å². The highest BCUT2D eigenvalue weighted by Gasteiger charge is 2.16. The molecule has 1 aliphatic rings. The molecule has 1 aromatic rings. The lowest BCUT2D eigenvalue weighted by molar-refractivity contribution is 0.0424. The number of thiophene rings is 1. The molecule has 27 heavy (non-hydrogen) atoms. The van der Waals surface area contributed by atoms with Crippen molar-refractivity contribution in [1.29, 1.82) is 0 Å². The zero-order chi connectivity index (χ0) is 19.5. The lowest BCUT2D eigenvalue weighted by Crippen LogP contribution is -2.41. The molecular formula is C16H27ClN4O4S2. The number of sulfonamides is 1. The molecule has 0 aromatic carbocycles. The second-order valence-electron chi connectivity index (χ2n) is 5.85. The summed E-state index contributed by atoms with van der Waals surface area (Å²) in [6.45, 7) is 6.10. The summed E-state index contributed by atoms with van der Waals surface area (Å²) < 4.78 is 38.4. The van der Waals surface area contributed by atoms with Crippen LogP contribution in [0.2, 0.25) is 4.34 Å². The van der Waals surface area contributed by atoms with E-state index in [4.69, 9.17) is 21.1 Å². The highest BCUT2D eigenvalue weighted by atomic mass is 35.5. The zero-order valence-corrected chi connectivity index (χ0v) is 17.8. The van der Waals surface area contributed by atoms with E-state index in [0.29, 0.717) is 36.6 Å². The van der Waals surface area contributed by atoms with Gasteiger partial charge < -0.3 is 20.1 Å². The molecule has 1 atom stereocenters. The van der Waals surface area contributed by atoms with Gasteiger partial charge in [0, 0.05) is 39.4 Å². The molecule has 0 radical (unpaired) electrons. The van der Waals surface area contributed by atoms with Gasteiger partial charge in [-0.3, -0.25) is 4.99 Å². The first kappa shape index (κ1) is 22.4. The first-order valence-electron chi connectivity index (χ1n) is 8.98. The zero-order valence-electron chi connectivity index (χ0n) is 15.4. The Morgan fingerprint density at radius 1 is 1.41 bits per heavy atom. The van der Waals surface area contributed by atoms with Gasteiger partial charge in [0.25, 0.3) is 0 Å². The van der Waals surface area contributed by atoms with Gasteiger partial charge in [-0.2, -0.15) is 0 Å². The normalized spacial score (nSPS) is 18.0. The van der Waals surface area contributed by atoms with Gasteiger partial charge in [0.15, 0.2) is 5.96 Å². The van der Waals surface area contributed by atoms with E-state index in [9.17, 15) is 8.42 Å². The minimum Gasteiger partial charge on any atom is -0.379 e. The third kappa shape index (κ3) is 8.32. The fourth-order valence-corrected chi connectivity index (χ4v) is 4.93. The molecule has 154 valence electrons. The molecule has 1 unspecified atom stereocenters. The predicted octanol–water partition coefficient (Wildman–Crippen LogP) is 1.43. The Bertz CT molecular complexity index is 690. The van der Waals surface area contributed by atoms with Gasteiger partial charge in [0.1, 0.15) is 4.21 Å². The molecule has 0 spiro atoms. The summed E-state index contributed by atoms with van der Waals surface area (Å²) in [5.74, 6) is 0.653. The third-order valence-electron chi connectivity index (χ3n) is 3.68. The minimum absolute atomic E-state index is 0.209. The third-order valence-corrected chi connectivity index (χ3v) is 6.86. The van der Waals surface area contributed by atoms with Crippen LogP contribution in [0, 0.1) is 0 Å². The molecule has 1 aliphatic heterocycles. The van der Waals surface area contributed by atoms with E-state index < -0.39 is 10.0 Å². The quantitative estimate of drug-likeness (QED) is 0.274. The van der Waals surface area contributed by atoms with Crippen LogP contribution >= 0.6 is 22.9 Å². The van der Waals surface area contributed by atoms with E-state index in [1.807, 2.05) is 6.92 Å². The van der Waals surface area contributed by atoms with Crippen LogP contribution in [-0.2, 0) is 19.5 Å². The Balaban J connectivity index is 1.65. The van der Waals surface area contributed by atoms with Gasteiger partial charge in [-0.05, 0) is 31.9 Å². The van der Waals surface area contributed by atoms with Crippen molar-refractivity contribution in [3.05, 3.63) is 16.5 Å². The number of hydrogen-bond donors (Lipinski definition) is 3. The molecule has 3 N–H and O–H groups in total. The minimum atomic E-state index is -3.53. The number of rotatable bonds is 11. The molecule has 2 rings (SSSR count). The van der Waals surface area contributed by atoms with Crippen LogP contribution in [-0.4, -0.2) is 66.5 Å². The van der Waals surface area contributed by atoms with Crippen molar-refractivity contribution in [3.8, 4) is 0 Å². The van der Waals surface area contributed by atoms with Gasteiger partial charge in [-0.1, -0.05) is 11.6 Å². The maximum Gasteiger partial charge on any atom is 0.250 e. The average Bonchev–Trinajstić information content (AvgIpc) is 3.30. The van der Waals surface area contributed by atoms with Crippen molar-refractivity contribution in [1.82, 2.24) is 15.4 Å². The van der Waals surface area contributed by atoms with Gasteiger partial charge in [-0.25, -0.2) is 13.1 Å². The average molecular weight is 439 g/mol. The summed E-state index contributed by atoms with van der Waals surface area (Å²) in [7, 11) is -3.53. The van der Waals surface area contributed by atoms with E-state index in [0.717, 1.165) is 37.3 Å². The smallest absolute Gasteiger partial charge is 0.250 e. The van der Waals surface area contributed by atoms with Crippen molar-refractivity contribution in [2.75, 3.05) is 46.0 Å². The van der Waals surface area contributed by atoms with Crippen molar-refractivity contribution in [2.24, 2.45) is 4.99 Å². The molecule has 8 nitrogen and oxygen atoms in total. The van der Waals surface area contributed by atoms with Crippen molar-refractivity contribution in [3.63, 3.8) is 0 Å². The lowest BCUT2D eigenvalue weighted by atomic mass is 10.3. The Labute approximate surface area is 169 Å². The van der Waals surface area contributed by atoms with Crippen LogP contribution < -0.4 is 15.4 Å². The van der Waals surface area contributed by atoms with E-state index in [2.05, 4.69) is 20.3 Å². The first-order chi connectivity index (χ1) is 13.0. The number of aliphatic imine (C=N–C) groups is 1. The summed E-state index contributed by atoms with van der Waals surface area (Å²) in [6.07, 6.45) is 1.99. The summed E-state index contributed by atoms with van der Waals surface area (Å²) in [6, 6.07) is 3.06. The van der Waals surface area contributed by atoms with Crippen molar-refractivity contribution < 1.29 is 17.9 Å². The van der Waals surface area contributed by atoms with Crippen LogP contribution in [0.5, 0.6) is 0 Å². The number of nitrogens with one attached hydrogen (secondary N) is 3. The Hall–Kier alpha value is -0.910. The molecule has 0 aliphatic carbocycles. The van der Waals surface area contributed by atoms with E-state index >= 15 is 0 Å². The van der Waals surface area contributed by atoms with E-state index in [-0.39, 0.29) is 16.9 Å². The number of hydrogen-bond acceptors (Lipinski definition) is 6. The number of guanidine groups is 1. The second-order valence-corrected chi connectivity index (χ2v) is 9.56. The highest BCUT2D eigenvalue weighted by molar-refractivity contribution is 7.91. The Kier molecular flexibility index (Phi) is 9.80. The fourth-order valence-electron chi connectivity index (χ4n) is 2.37. The molecule has 0 bridgehead atoms. The molecule has 1 saturated heterocycles. The fraction of sp³-hybridized carbons (Fsp3) is 0.688. The van der Waals surface area contributed by atoms with E-state index in [1.165, 1.54) is 6.07 Å². The van der Waals surface area contributed by atoms with Crippen molar-refractivity contribution in [2.45, 2.75) is 30.1 Å². The maximum atomic E-state index is 12.1. The second kappa shape index (κ2) is 11.8. The molecular weight excluding hydrogens is 412 g/mol. The number of ether oxygens (including phenoxy) is 2. The van der Waals surface area contributed by atoms with Crippen LogP contribution in [0.25, 0.3) is 0 Å². The summed E-state index contributed by atoms with van der Waals surface area (Å²) in [5, 5.41) is 6.24. The molecule has 0 saturated carbocycles. The van der Waals surface area contributed by atoms with Gasteiger partial charge >= 0.3 is 0 Å². The van der Waals surface area contributed by atoms with E-state index in [1.54, 1.807) is 6.07 Å². The Morgan fingerprint density at radius 2 is 2.26 bits per heavy atom. The van der Waals surface area contributed by atoms with Gasteiger partial charge in [0.2, 0.25) is 10.0 Å². The topological polar surface area (TPSA) is 101 Å². The summed E-state index contributed by atoms with van der Waals surface area (Å²) >= 11 is 6.82. The first-order valence-corrected chi connectivity index (χ1v) is 11.7. The van der Waals surface area contributed by atoms with Gasteiger partial charge in [0.05, 0.1) is 17.0 Å².